The molecular formula is C16H22O6. The minimum Gasteiger partial charge on any atom is -0.465 e. The van der Waals surface area contributed by atoms with Crippen molar-refractivity contribution in [2.45, 2.75) is 40.5 Å². The molecule has 0 rings (SSSR count). The molecule has 0 radical (unpaired) electrons. The summed E-state index contributed by atoms with van der Waals surface area (Å²) in [6.45, 7) is 6.26. The van der Waals surface area contributed by atoms with E-state index in [-0.39, 0.29) is 37.6 Å². The molecule has 0 aromatic rings. The van der Waals surface area contributed by atoms with Crippen LogP contribution in [0.1, 0.15) is 40.5 Å². The molecule has 6 heteroatoms. The fraction of sp³-hybridized carbons (Fsp3) is 0.625. The fourth-order valence-corrected chi connectivity index (χ4v) is 1.62. The maximum Gasteiger partial charge on any atom is 0.317 e. The van der Waals surface area contributed by atoms with Gasteiger partial charge in [-0.1, -0.05) is 0 Å². The standard InChI is InChI=1S/C16H22O6/c1-5-21-15(19)13(11(3)17)9-7-8-10-14(12(4)18)16(20)22-6-2/h13-14H,5-6,9-10H2,1-4H3. The van der Waals surface area contributed by atoms with Gasteiger partial charge in [0, 0.05) is 12.8 Å². The van der Waals surface area contributed by atoms with Gasteiger partial charge in [0.2, 0.25) is 0 Å². The van der Waals surface area contributed by atoms with Gasteiger partial charge in [0.05, 0.1) is 13.2 Å². The van der Waals surface area contributed by atoms with Crippen LogP contribution in [-0.2, 0) is 28.7 Å². The summed E-state index contributed by atoms with van der Waals surface area (Å²) in [7, 11) is 0. The average molecular weight is 310 g/mol. The molecule has 0 aliphatic rings. The number of rotatable bonds is 8. The highest BCUT2D eigenvalue weighted by Crippen LogP contribution is 2.09. The first-order valence-electron chi connectivity index (χ1n) is 7.14. The zero-order valence-electron chi connectivity index (χ0n) is 13.4. The van der Waals surface area contributed by atoms with Crippen molar-refractivity contribution in [1.29, 1.82) is 0 Å². The Hall–Kier alpha value is -2.16. The van der Waals surface area contributed by atoms with E-state index in [9.17, 15) is 19.2 Å². The van der Waals surface area contributed by atoms with Crippen molar-refractivity contribution in [2.24, 2.45) is 11.8 Å². The summed E-state index contributed by atoms with van der Waals surface area (Å²) in [4.78, 5) is 45.9. The van der Waals surface area contributed by atoms with E-state index in [0.717, 1.165) is 0 Å². The SMILES string of the molecule is CCOC(=O)C(CC#CCC(C(C)=O)C(=O)OCC)C(C)=O. The smallest absolute Gasteiger partial charge is 0.317 e. The lowest BCUT2D eigenvalue weighted by Crippen LogP contribution is -2.24. The lowest BCUT2D eigenvalue weighted by Gasteiger charge is -2.10. The first-order chi connectivity index (χ1) is 10.3. The summed E-state index contributed by atoms with van der Waals surface area (Å²) in [6.07, 6.45) is 0.00321. The third kappa shape index (κ3) is 7.02. The Morgan fingerprint density at radius 1 is 0.773 bits per heavy atom. The van der Waals surface area contributed by atoms with Crippen molar-refractivity contribution in [2.75, 3.05) is 13.2 Å². The van der Waals surface area contributed by atoms with Crippen molar-refractivity contribution in [3.63, 3.8) is 0 Å². The lowest BCUT2D eigenvalue weighted by atomic mass is 9.99. The van der Waals surface area contributed by atoms with E-state index in [0.29, 0.717) is 0 Å². The summed E-state index contributed by atoms with van der Waals surface area (Å²) < 4.78 is 9.59. The monoisotopic (exact) mass is 310 g/mol. The van der Waals surface area contributed by atoms with Crippen molar-refractivity contribution in [3.05, 3.63) is 0 Å². The molecule has 122 valence electrons. The number of ether oxygens (including phenoxy) is 2. The molecule has 0 N–H and O–H groups in total. The van der Waals surface area contributed by atoms with Gasteiger partial charge in [-0.2, -0.15) is 0 Å². The largest absolute Gasteiger partial charge is 0.465 e. The van der Waals surface area contributed by atoms with Gasteiger partial charge < -0.3 is 9.47 Å². The molecule has 0 aromatic carbocycles. The molecular weight excluding hydrogens is 288 g/mol. The molecule has 0 heterocycles. The second kappa shape index (κ2) is 10.6. The lowest BCUT2D eigenvalue weighted by molar-refractivity contribution is -0.152. The van der Waals surface area contributed by atoms with Gasteiger partial charge in [0.1, 0.15) is 23.4 Å². The van der Waals surface area contributed by atoms with Gasteiger partial charge >= 0.3 is 11.9 Å². The minimum atomic E-state index is -0.939. The van der Waals surface area contributed by atoms with Crippen LogP contribution < -0.4 is 0 Å². The van der Waals surface area contributed by atoms with Crippen molar-refractivity contribution >= 4 is 23.5 Å². The molecule has 0 aliphatic carbocycles. The number of carbonyl (C=O) groups excluding carboxylic acids is 4. The predicted octanol–water partition coefficient (Wildman–Crippen LogP) is 1.31. The molecule has 0 saturated carbocycles. The average Bonchev–Trinajstić information content (AvgIpc) is 2.42. The van der Waals surface area contributed by atoms with E-state index in [1.54, 1.807) is 13.8 Å². The van der Waals surface area contributed by atoms with Crippen LogP contribution in [0.3, 0.4) is 0 Å². The molecule has 0 fully saturated rings. The first-order valence-corrected chi connectivity index (χ1v) is 7.14. The minimum absolute atomic E-state index is 0.00160. The van der Waals surface area contributed by atoms with Gasteiger partial charge in [-0.25, -0.2) is 0 Å². The molecule has 0 aliphatic heterocycles. The molecule has 2 unspecified atom stereocenters. The van der Waals surface area contributed by atoms with Gasteiger partial charge in [0.15, 0.2) is 0 Å². The van der Waals surface area contributed by atoms with Gasteiger partial charge in [0.25, 0.3) is 0 Å². The Morgan fingerprint density at radius 3 is 1.32 bits per heavy atom. The number of hydrogen-bond donors (Lipinski definition) is 0. The zero-order chi connectivity index (χ0) is 17.1. The summed E-state index contributed by atoms with van der Waals surface area (Å²) in [6, 6.07) is 0. The number of Topliss-reactive ketones (excluding diaryl/α,β-unsaturated/α-hetero) is 2. The highest BCUT2D eigenvalue weighted by molar-refractivity contribution is 5.98. The zero-order valence-corrected chi connectivity index (χ0v) is 13.4. The number of carbonyl (C=O) groups is 4. The van der Waals surface area contributed by atoms with E-state index < -0.39 is 23.8 Å². The topological polar surface area (TPSA) is 86.7 Å². The number of hydrogen-bond acceptors (Lipinski definition) is 6. The summed E-state index contributed by atoms with van der Waals surface area (Å²) in [5, 5.41) is 0. The second-order valence-corrected chi connectivity index (χ2v) is 4.59. The number of esters is 2. The van der Waals surface area contributed by atoms with E-state index >= 15 is 0 Å². The quantitative estimate of drug-likeness (QED) is 0.381. The predicted molar refractivity (Wildman–Crippen MR) is 78.6 cm³/mol. The van der Waals surface area contributed by atoms with E-state index in [1.165, 1.54) is 13.8 Å². The number of ketones is 2. The maximum absolute atomic E-state index is 11.6. The molecule has 0 amide bonds. The Kier molecular flexibility index (Phi) is 9.51. The van der Waals surface area contributed by atoms with E-state index in [4.69, 9.17) is 9.47 Å². The molecule has 0 bridgehead atoms. The third-order valence-electron chi connectivity index (χ3n) is 2.86. The molecule has 0 spiro atoms. The molecule has 0 aromatic heterocycles. The third-order valence-corrected chi connectivity index (χ3v) is 2.86. The highest BCUT2D eigenvalue weighted by Gasteiger charge is 2.25. The maximum atomic E-state index is 11.6. The van der Waals surface area contributed by atoms with Crippen LogP contribution in [-0.4, -0.2) is 36.7 Å². The van der Waals surface area contributed by atoms with Crippen LogP contribution in [0, 0.1) is 23.7 Å². The van der Waals surface area contributed by atoms with Crippen LogP contribution in [0.2, 0.25) is 0 Å². The summed E-state index contributed by atoms with van der Waals surface area (Å²) in [5.41, 5.74) is 0. The fourth-order valence-electron chi connectivity index (χ4n) is 1.62. The van der Waals surface area contributed by atoms with Crippen LogP contribution >= 0.6 is 0 Å². The Labute approximate surface area is 130 Å². The van der Waals surface area contributed by atoms with Crippen molar-refractivity contribution in [3.8, 4) is 11.8 Å². The van der Waals surface area contributed by atoms with Crippen LogP contribution in [0.15, 0.2) is 0 Å². The summed E-state index contributed by atoms with van der Waals surface area (Å²) in [5.74, 6) is 1.54. The van der Waals surface area contributed by atoms with Gasteiger partial charge in [-0.15, -0.1) is 11.8 Å². The van der Waals surface area contributed by atoms with Crippen LogP contribution in [0.5, 0.6) is 0 Å². The summed E-state index contributed by atoms with van der Waals surface area (Å²) >= 11 is 0. The van der Waals surface area contributed by atoms with Crippen LogP contribution in [0.4, 0.5) is 0 Å². The first kappa shape index (κ1) is 19.8. The normalized spacial score (nSPS) is 12.4. The Balaban J connectivity index is 4.71. The van der Waals surface area contributed by atoms with Gasteiger partial charge in [-0.05, 0) is 27.7 Å². The van der Waals surface area contributed by atoms with Crippen molar-refractivity contribution in [1.82, 2.24) is 0 Å². The van der Waals surface area contributed by atoms with E-state index in [2.05, 4.69) is 11.8 Å². The molecule has 22 heavy (non-hydrogen) atoms. The van der Waals surface area contributed by atoms with Crippen molar-refractivity contribution < 1.29 is 28.7 Å². The van der Waals surface area contributed by atoms with Gasteiger partial charge in [-0.3, -0.25) is 19.2 Å². The Bertz CT molecular complexity index is 441. The second-order valence-electron chi connectivity index (χ2n) is 4.59. The highest BCUT2D eigenvalue weighted by atomic mass is 16.5. The molecule has 2 atom stereocenters. The Morgan fingerprint density at radius 2 is 1.09 bits per heavy atom. The molecule has 0 saturated heterocycles. The van der Waals surface area contributed by atoms with Crippen LogP contribution in [0.25, 0.3) is 0 Å². The molecule has 6 nitrogen and oxygen atoms in total. The van der Waals surface area contributed by atoms with E-state index in [1.807, 2.05) is 0 Å².